The van der Waals surface area contributed by atoms with Gasteiger partial charge >= 0.3 is 0 Å². The summed E-state index contributed by atoms with van der Waals surface area (Å²) in [7, 11) is -2.96. The third-order valence-corrected chi connectivity index (χ3v) is 5.50. The van der Waals surface area contributed by atoms with Crippen LogP contribution in [0, 0.1) is 5.92 Å². The number of carbonyl (C=O) groups is 1. The van der Waals surface area contributed by atoms with E-state index in [0.717, 1.165) is 19.4 Å². The van der Waals surface area contributed by atoms with Gasteiger partial charge in [0.15, 0.2) is 9.84 Å². The molecule has 0 aliphatic carbocycles. The summed E-state index contributed by atoms with van der Waals surface area (Å²) in [5.74, 6) is 0.249. The third kappa shape index (κ3) is 3.19. The molecule has 2 aliphatic heterocycles. The van der Waals surface area contributed by atoms with Crippen LogP contribution in [0.25, 0.3) is 0 Å². The second-order valence-corrected chi connectivity index (χ2v) is 7.62. The first-order chi connectivity index (χ1) is 7.90. The van der Waals surface area contributed by atoms with E-state index in [1.165, 1.54) is 0 Å². The van der Waals surface area contributed by atoms with Crippen LogP contribution in [0.2, 0.25) is 0 Å². The van der Waals surface area contributed by atoms with Gasteiger partial charge in [-0.05, 0) is 32.7 Å². The van der Waals surface area contributed by atoms with Crippen molar-refractivity contribution in [2.75, 3.05) is 24.6 Å². The molecule has 2 atom stereocenters. The topological polar surface area (TPSA) is 75.3 Å². The van der Waals surface area contributed by atoms with E-state index in [1.807, 2.05) is 6.92 Å². The number of hydrogen-bond donors (Lipinski definition) is 2. The van der Waals surface area contributed by atoms with Crippen molar-refractivity contribution in [1.29, 1.82) is 0 Å². The lowest BCUT2D eigenvalue weighted by atomic mass is 9.95. The van der Waals surface area contributed by atoms with Gasteiger partial charge in [0.25, 0.3) is 0 Å². The normalized spacial score (nSPS) is 36.6. The number of carbonyl (C=O) groups excluding carboxylic acids is 1. The maximum Gasteiger partial charge on any atom is 0.224 e. The Balaban J connectivity index is 1.94. The number of amides is 1. The SMILES string of the molecule is CC1(NC(=O)[C@@H]2CCCNC2)CCS(=O)(=O)C1. The molecule has 2 heterocycles. The Bertz CT molecular complexity index is 401. The van der Waals surface area contributed by atoms with Gasteiger partial charge in [0.05, 0.1) is 23.0 Å². The molecule has 0 aromatic carbocycles. The fourth-order valence-corrected chi connectivity index (χ4v) is 4.68. The van der Waals surface area contributed by atoms with Crippen molar-refractivity contribution in [3.8, 4) is 0 Å². The van der Waals surface area contributed by atoms with Gasteiger partial charge in [-0.15, -0.1) is 0 Å². The second-order valence-electron chi connectivity index (χ2n) is 5.44. The Morgan fingerprint density at radius 2 is 2.24 bits per heavy atom. The highest BCUT2D eigenvalue weighted by molar-refractivity contribution is 7.91. The maximum atomic E-state index is 12.0. The summed E-state index contributed by atoms with van der Waals surface area (Å²) in [6.07, 6.45) is 2.43. The van der Waals surface area contributed by atoms with Crippen LogP contribution in [0.3, 0.4) is 0 Å². The molecule has 2 fully saturated rings. The van der Waals surface area contributed by atoms with Crippen LogP contribution < -0.4 is 10.6 Å². The molecule has 1 unspecified atom stereocenters. The van der Waals surface area contributed by atoms with Gasteiger partial charge in [-0.2, -0.15) is 0 Å². The first-order valence-electron chi connectivity index (χ1n) is 6.13. The quantitative estimate of drug-likeness (QED) is 0.713. The van der Waals surface area contributed by atoms with E-state index < -0.39 is 15.4 Å². The molecule has 1 amide bonds. The Morgan fingerprint density at radius 1 is 1.47 bits per heavy atom. The monoisotopic (exact) mass is 260 g/mol. The van der Waals surface area contributed by atoms with Crippen LogP contribution >= 0.6 is 0 Å². The summed E-state index contributed by atoms with van der Waals surface area (Å²) in [6.45, 7) is 3.50. The summed E-state index contributed by atoms with van der Waals surface area (Å²) in [5.41, 5.74) is -0.562. The van der Waals surface area contributed by atoms with E-state index >= 15 is 0 Å². The molecule has 0 saturated carbocycles. The van der Waals surface area contributed by atoms with Gasteiger partial charge in [-0.1, -0.05) is 0 Å². The number of rotatable bonds is 2. The van der Waals surface area contributed by atoms with Crippen molar-refractivity contribution in [2.24, 2.45) is 5.92 Å². The number of piperidine rings is 1. The highest BCUT2D eigenvalue weighted by Gasteiger charge is 2.40. The molecular formula is C11H20N2O3S. The fraction of sp³-hybridized carbons (Fsp3) is 0.909. The molecule has 2 aliphatic rings. The molecule has 0 aromatic heterocycles. The van der Waals surface area contributed by atoms with Gasteiger partial charge in [0.2, 0.25) is 5.91 Å². The Morgan fingerprint density at radius 3 is 2.76 bits per heavy atom. The van der Waals surface area contributed by atoms with Crippen molar-refractivity contribution in [1.82, 2.24) is 10.6 Å². The van der Waals surface area contributed by atoms with E-state index in [4.69, 9.17) is 0 Å². The van der Waals surface area contributed by atoms with Gasteiger partial charge < -0.3 is 10.6 Å². The van der Waals surface area contributed by atoms with Crippen molar-refractivity contribution < 1.29 is 13.2 Å². The summed E-state index contributed by atoms with van der Waals surface area (Å²) >= 11 is 0. The van der Waals surface area contributed by atoms with Crippen molar-refractivity contribution in [2.45, 2.75) is 31.7 Å². The minimum absolute atomic E-state index is 0.00296. The Hall–Kier alpha value is -0.620. The van der Waals surface area contributed by atoms with Gasteiger partial charge in [-0.3, -0.25) is 4.79 Å². The van der Waals surface area contributed by atoms with Crippen LogP contribution in [0.5, 0.6) is 0 Å². The lowest BCUT2D eigenvalue weighted by Gasteiger charge is -2.29. The minimum atomic E-state index is -2.96. The highest BCUT2D eigenvalue weighted by Crippen LogP contribution is 2.23. The maximum absolute atomic E-state index is 12.0. The molecular weight excluding hydrogens is 240 g/mol. The average Bonchev–Trinajstić information content (AvgIpc) is 2.54. The fourth-order valence-electron chi connectivity index (χ4n) is 2.58. The van der Waals surface area contributed by atoms with E-state index in [1.54, 1.807) is 0 Å². The molecule has 5 nitrogen and oxygen atoms in total. The van der Waals surface area contributed by atoms with Crippen LogP contribution in [-0.2, 0) is 14.6 Å². The number of hydrogen-bond acceptors (Lipinski definition) is 4. The summed E-state index contributed by atoms with van der Waals surface area (Å²) in [5, 5.41) is 6.11. The van der Waals surface area contributed by atoms with E-state index in [0.29, 0.717) is 13.0 Å². The van der Waals surface area contributed by atoms with Gasteiger partial charge in [0.1, 0.15) is 0 Å². The van der Waals surface area contributed by atoms with E-state index in [-0.39, 0.29) is 23.3 Å². The smallest absolute Gasteiger partial charge is 0.224 e. The molecule has 2 rings (SSSR count). The predicted octanol–water partition coefficient (Wildman–Crippen LogP) is -0.321. The molecule has 0 radical (unpaired) electrons. The van der Waals surface area contributed by atoms with Crippen LogP contribution in [-0.4, -0.2) is 44.5 Å². The minimum Gasteiger partial charge on any atom is -0.350 e. The largest absolute Gasteiger partial charge is 0.350 e. The van der Waals surface area contributed by atoms with E-state index in [2.05, 4.69) is 10.6 Å². The molecule has 0 spiro atoms. The molecule has 17 heavy (non-hydrogen) atoms. The zero-order chi connectivity index (χ0) is 12.5. The average molecular weight is 260 g/mol. The first kappa shape index (κ1) is 12.8. The van der Waals surface area contributed by atoms with Crippen LogP contribution in [0.4, 0.5) is 0 Å². The van der Waals surface area contributed by atoms with Crippen molar-refractivity contribution >= 4 is 15.7 Å². The molecule has 2 saturated heterocycles. The predicted molar refractivity (Wildman–Crippen MR) is 65.4 cm³/mol. The third-order valence-electron chi connectivity index (χ3n) is 3.60. The lowest BCUT2D eigenvalue weighted by molar-refractivity contribution is -0.127. The summed E-state index contributed by atoms with van der Waals surface area (Å²) in [4.78, 5) is 12.0. The number of sulfone groups is 1. The number of nitrogens with one attached hydrogen (secondary N) is 2. The molecule has 2 N–H and O–H groups in total. The lowest BCUT2D eigenvalue weighted by Crippen LogP contribution is -2.51. The van der Waals surface area contributed by atoms with Crippen molar-refractivity contribution in [3.63, 3.8) is 0 Å². The van der Waals surface area contributed by atoms with Gasteiger partial charge in [0, 0.05) is 6.54 Å². The standard InChI is InChI=1S/C11H20N2O3S/c1-11(4-6-17(15,16)8-11)13-10(14)9-3-2-5-12-7-9/h9,12H,2-8H2,1H3,(H,13,14)/t9-,11?/m1/s1. The molecule has 6 heteroatoms. The second kappa shape index (κ2) is 4.57. The zero-order valence-electron chi connectivity index (χ0n) is 10.2. The Labute approximate surface area is 102 Å². The highest BCUT2D eigenvalue weighted by atomic mass is 32.2. The molecule has 98 valence electrons. The van der Waals surface area contributed by atoms with Crippen LogP contribution in [0.15, 0.2) is 0 Å². The molecule has 0 bridgehead atoms. The van der Waals surface area contributed by atoms with Crippen LogP contribution in [0.1, 0.15) is 26.2 Å². The zero-order valence-corrected chi connectivity index (χ0v) is 11.0. The first-order valence-corrected chi connectivity index (χ1v) is 7.96. The van der Waals surface area contributed by atoms with Gasteiger partial charge in [-0.25, -0.2) is 8.42 Å². The summed E-state index contributed by atoms with van der Waals surface area (Å²) < 4.78 is 22.9. The van der Waals surface area contributed by atoms with Crippen molar-refractivity contribution in [3.05, 3.63) is 0 Å². The molecule has 0 aromatic rings. The van der Waals surface area contributed by atoms with E-state index in [9.17, 15) is 13.2 Å². The summed E-state index contributed by atoms with van der Waals surface area (Å²) in [6, 6.07) is 0. The Kier molecular flexibility index (Phi) is 3.45.